The molecule has 3 aromatic rings. The van der Waals surface area contributed by atoms with E-state index in [1.54, 1.807) is 24.3 Å². The SMILES string of the molecule is COc1cc([C@@H]2c3sc(=O)[nH]c3S[C@H]3C(=O)N(c4ccc(C)cc4)C(=O)[C@H]23)ccc1O. The van der Waals surface area contributed by atoms with Gasteiger partial charge in [-0.05, 0) is 36.8 Å². The molecule has 2 N–H and O–H groups in total. The number of amides is 2. The van der Waals surface area contributed by atoms with Crippen LogP contribution < -0.4 is 14.5 Å². The van der Waals surface area contributed by atoms with Gasteiger partial charge in [0.15, 0.2) is 11.5 Å². The van der Waals surface area contributed by atoms with Crippen molar-refractivity contribution in [1.29, 1.82) is 0 Å². The molecule has 0 radical (unpaired) electrons. The number of nitrogens with one attached hydrogen (secondary N) is 1. The molecule has 1 saturated heterocycles. The molecule has 9 heteroatoms. The number of thioether (sulfide) groups is 1. The maximum atomic E-state index is 13.6. The Bertz CT molecular complexity index is 1260. The molecule has 158 valence electrons. The van der Waals surface area contributed by atoms with E-state index < -0.39 is 17.1 Å². The first-order chi connectivity index (χ1) is 14.9. The van der Waals surface area contributed by atoms with Crippen LogP contribution in [0.4, 0.5) is 5.69 Å². The van der Waals surface area contributed by atoms with Crippen molar-refractivity contribution in [3.8, 4) is 11.5 Å². The summed E-state index contributed by atoms with van der Waals surface area (Å²) in [6.45, 7) is 1.94. The number of ether oxygens (including phenoxy) is 1. The van der Waals surface area contributed by atoms with Crippen LogP contribution in [-0.4, -0.2) is 34.3 Å². The van der Waals surface area contributed by atoms with Crippen molar-refractivity contribution in [3.05, 3.63) is 68.1 Å². The van der Waals surface area contributed by atoms with Crippen molar-refractivity contribution < 1.29 is 19.4 Å². The number of carbonyl (C=O) groups is 2. The fourth-order valence-electron chi connectivity index (χ4n) is 4.21. The number of nitrogens with zero attached hydrogens (tertiary/aromatic N) is 1. The molecule has 7 nitrogen and oxygen atoms in total. The van der Waals surface area contributed by atoms with E-state index >= 15 is 0 Å². The molecule has 2 aliphatic rings. The number of aromatic amines is 1. The third-order valence-corrected chi connectivity index (χ3v) is 8.08. The van der Waals surface area contributed by atoms with E-state index in [9.17, 15) is 19.5 Å². The zero-order chi connectivity index (χ0) is 21.9. The minimum atomic E-state index is -0.674. The van der Waals surface area contributed by atoms with E-state index in [2.05, 4.69) is 4.98 Å². The standard InChI is InChI=1S/C22H18N2O5S2/c1-10-3-6-12(7-4-10)24-20(26)16-15(11-5-8-13(25)14(9-11)29-2)17-19(23-22(28)31-17)30-18(16)21(24)27/h3-9,15-16,18,25H,1-2H3,(H,23,28)/t15-,16+,18+/m0/s1. The molecule has 0 bridgehead atoms. The Morgan fingerprint density at radius 3 is 2.52 bits per heavy atom. The number of aromatic hydroxyl groups is 1. The van der Waals surface area contributed by atoms with Crippen LogP contribution in [-0.2, 0) is 9.59 Å². The van der Waals surface area contributed by atoms with Crippen molar-refractivity contribution >= 4 is 40.6 Å². The molecule has 3 atom stereocenters. The Kier molecular flexibility index (Phi) is 4.67. The average Bonchev–Trinajstić information content (AvgIpc) is 3.24. The second kappa shape index (κ2) is 7.28. The van der Waals surface area contributed by atoms with Crippen LogP contribution in [0, 0.1) is 12.8 Å². The quantitative estimate of drug-likeness (QED) is 0.590. The monoisotopic (exact) mass is 454 g/mol. The van der Waals surface area contributed by atoms with Gasteiger partial charge in [0.25, 0.3) is 0 Å². The number of fused-ring (bicyclic) bond motifs is 2. The lowest BCUT2D eigenvalue weighted by atomic mass is 9.83. The van der Waals surface area contributed by atoms with Crippen molar-refractivity contribution in [1.82, 2.24) is 4.98 Å². The molecular formula is C22H18N2O5S2. The molecule has 1 fully saturated rings. The highest BCUT2D eigenvalue weighted by atomic mass is 32.2. The Hall–Kier alpha value is -3.04. The molecular weight excluding hydrogens is 436 g/mol. The fourth-order valence-corrected chi connectivity index (χ4v) is 6.73. The molecule has 0 aliphatic carbocycles. The van der Waals surface area contributed by atoms with Gasteiger partial charge in [-0.15, -0.1) is 0 Å². The van der Waals surface area contributed by atoms with Gasteiger partial charge in [-0.2, -0.15) is 0 Å². The number of imide groups is 1. The van der Waals surface area contributed by atoms with Crippen molar-refractivity contribution in [2.75, 3.05) is 12.0 Å². The summed E-state index contributed by atoms with van der Waals surface area (Å²) in [5.74, 6) is -1.53. The second-order valence-electron chi connectivity index (χ2n) is 7.53. The zero-order valence-electron chi connectivity index (χ0n) is 16.6. The molecule has 5 rings (SSSR count). The largest absolute Gasteiger partial charge is 0.504 e. The number of rotatable bonds is 3. The maximum Gasteiger partial charge on any atom is 0.305 e. The van der Waals surface area contributed by atoms with Gasteiger partial charge in [0.2, 0.25) is 11.8 Å². The smallest absolute Gasteiger partial charge is 0.305 e. The van der Waals surface area contributed by atoms with Gasteiger partial charge in [0.05, 0.1) is 23.7 Å². The van der Waals surface area contributed by atoms with Gasteiger partial charge in [0, 0.05) is 10.8 Å². The highest BCUT2D eigenvalue weighted by Gasteiger charge is 2.56. The molecule has 31 heavy (non-hydrogen) atoms. The first-order valence-electron chi connectivity index (χ1n) is 9.60. The number of methoxy groups -OCH3 is 1. The number of thiazole rings is 1. The van der Waals surface area contributed by atoms with Crippen LogP contribution in [0.25, 0.3) is 0 Å². The van der Waals surface area contributed by atoms with Gasteiger partial charge in [-0.25, -0.2) is 4.90 Å². The molecule has 2 aliphatic heterocycles. The summed E-state index contributed by atoms with van der Waals surface area (Å²) < 4.78 is 5.25. The molecule has 0 saturated carbocycles. The third-order valence-electron chi connectivity index (χ3n) is 5.68. The zero-order valence-corrected chi connectivity index (χ0v) is 18.3. The number of phenols is 1. The summed E-state index contributed by atoms with van der Waals surface area (Å²) in [5.41, 5.74) is 2.27. The Morgan fingerprint density at radius 1 is 1.06 bits per heavy atom. The van der Waals surface area contributed by atoms with Crippen LogP contribution in [0.3, 0.4) is 0 Å². The molecule has 0 spiro atoms. The van der Waals surface area contributed by atoms with E-state index in [1.165, 1.54) is 29.8 Å². The predicted molar refractivity (Wildman–Crippen MR) is 118 cm³/mol. The number of phenolic OH excluding ortho intramolecular Hbond substituents is 1. The number of hydrogen-bond donors (Lipinski definition) is 2. The molecule has 2 aromatic carbocycles. The summed E-state index contributed by atoms with van der Waals surface area (Å²) in [4.78, 5) is 43.6. The highest BCUT2D eigenvalue weighted by molar-refractivity contribution is 8.00. The number of anilines is 1. The number of carbonyl (C=O) groups excluding carboxylic acids is 2. The summed E-state index contributed by atoms with van der Waals surface area (Å²) in [6.07, 6.45) is 0. The Labute approximate surface area is 185 Å². The van der Waals surface area contributed by atoms with Gasteiger partial charge in [-0.3, -0.25) is 14.4 Å². The Balaban J connectivity index is 1.66. The number of H-pyrrole nitrogens is 1. The third kappa shape index (κ3) is 3.07. The summed E-state index contributed by atoms with van der Waals surface area (Å²) in [5, 5.41) is 9.97. The number of aryl methyl sites for hydroxylation is 1. The van der Waals surface area contributed by atoms with Gasteiger partial charge in [0.1, 0.15) is 5.25 Å². The van der Waals surface area contributed by atoms with Crippen LogP contribution in [0.2, 0.25) is 0 Å². The van der Waals surface area contributed by atoms with Gasteiger partial charge < -0.3 is 14.8 Å². The van der Waals surface area contributed by atoms with E-state index in [0.717, 1.165) is 21.8 Å². The molecule has 2 amide bonds. The lowest BCUT2D eigenvalue weighted by Crippen LogP contribution is -2.32. The van der Waals surface area contributed by atoms with Crippen LogP contribution >= 0.6 is 23.1 Å². The molecule has 3 heterocycles. The van der Waals surface area contributed by atoms with Gasteiger partial charge >= 0.3 is 4.87 Å². The van der Waals surface area contributed by atoms with Crippen molar-refractivity contribution in [2.24, 2.45) is 5.92 Å². The molecule has 0 unspecified atom stereocenters. The van der Waals surface area contributed by atoms with E-state index in [4.69, 9.17) is 4.74 Å². The van der Waals surface area contributed by atoms with Gasteiger partial charge in [-0.1, -0.05) is 46.9 Å². The van der Waals surface area contributed by atoms with Crippen molar-refractivity contribution in [2.45, 2.75) is 23.1 Å². The first-order valence-corrected chi connectivity index (χ1v) is 11.3. The summed E-state index contributed by atoms with van der Waals surface area (Å²) in [6, 6.07) is 12.1. The second-order valence-corrected chi connectivity index (χ2v) is 9.70. The van der Waals surface area contributed by atoms with E-state index in [-0.39, 0.29) is 28.2 Å². The van der Waals surface area contributed by atoms with Crippen LogP contribution in [0.1, 0.15) is 21.9 Å². The summed E-state index contributed by atoms with van der Waals surface area (Å²) in [7, 11) is 1.45. The predicted octanol–water partition coefficient (Wildman–Crippen LogP) is 3.25. The number of benzene rings is 2. The first kappa shape index (κ1) is 19.9. The number of hydrogen-bond acceptors (Lipinski definition) is 7. The minimum Gasteiger partial charge on any atom is -0.504 e. The highest BCUT2D eigenvalue weighted by Crippen LogP contribution is 2.53. The summed E-state index contributed by atoms with van der Waals surface area (Å²) >= 11 is 2.28. The topological polar surface area (TPSA) is 99.7 Å². The van der Waals surface area contributed by atoms with E-state index in [1.807, 2.05) is 19.1 Å². The average molecular weight is 455 g/mol. The fraction of sp³-hybridized carbons (Fsp3) is 0.227. The Morgan fingerprint density at radius 2 is 1.81 bits per heavy atom. The minimum absolute atomic E-state index is 0.0226. The lowest BCUT2D eigenvalue weighted by molar-refractivity contribution is -0.122. The van der Waals surface area contributed by atoms with Crippen LogP contribution in [0.5, 0.6) is 11.5 Å². The number of aromatic nitrogens is 1. The van der Waals surface area contributed by atoms with Crippen LogP contribution in [0.15, 0.2) is 52.3 Å². The lowest BCUT2D eigenvalue weighted by Gasteiger charge is -2.30. The normalized spacial score (nSPS) is 22.4. The molecule has 1 aromatic heterocycles. The van der Waals surface area contributed by atoms with Crippen molar-refractivity contribution in [3.63, 3.8) is 0 Å². The maximum absolute atomic E-state index is 13.6. The van der Waals surface area contributed by atoms with E-state index in [0.29, 0.717) is 16.3 Å².